The summed E-state index contributed by atoms with van der Waals surface area (Å²) in [6.45, 7) is 8.61. The lowest BCUT2D eigenvalue weighted by Gasteiger charge is -2.29. The van der Waals surface area contributed by atoms with E-state index in [9.17, 15) is 4.79 Å². The minimum atomic E-state index is -0.178. The highest BCUT2D eigenvalue weighted by Crippen LogP contribution is 2.25. The molecule has 18 heavy (non-hydrogen) atoms. The van der Waals surface area contributed by atoms with Crippen molar-refractivity contribution >= 4 is 5.78 Å². The van der Waals surface area contributed by atoms with Gasteiger partial charge in [-0.3, -0.25) is 4.79 Å². The zero-order valence-electron chi connectivity index (χ0n) is 11.6. The van der Waals surface area contributed by atoms with Crippen LogP contribution in [-0.4, -0.2) is 17.2 Å². The fourth-order valence-corrected chi connectivity index (χ4v) is 2.09. The van der Waals surface area contributed by atoms with Crippen LogP contribution >= 0.6 is 0 Å². The highest BCUT2D eigenvalue weighted by atomic mass is 16.1. The summed E-state index contributed by atoms with van der Waals surface area (Å²) in [5.74, 6) is -0.178. The monoisotopic (exact) mass is 244 g/mol. The topological polar surface area (TPSA) is 44.1 Å². The molecule has 3 nitrogen and oxygen atoms in total. The Kier molecular flexibility index (Phi) is 4.91. The normalized spacial score (nSPS) is 14.8. The molecule has 0 fully saturated rings. The number of hydrogen-bond acceptors (Lipinski definition) is 3. The minimum Gasteiger partial charge on any atom is -0.349 e. The van der Waals surface area contributed by atoms with Crippen LogP contribution in [0.5, 0.6) is 0 Å². The summed E-state index contributed by atoms with van der Waals surface area (Å²) in [7, 11) is 0. The first-order chi connectivity index (χ1) is 8.51. The number of rotatable bonds is 4. The largest absolute Gasteiger partial charge is 0.349 e. The molecule has 0 aliphatic carbocycles. The molecule has 0 unspecified atom stereocenters. The number of nitriles is 1. The maximum Gasteiger partial charge on any atom is 0.170 e. The maximum atomic E-state index is 11.4. The van der Waals surface area contributed by atoms with Gasteiger partial charge in [-0.1, -0.05) is 13.3 Å². The molecule has 0 saturated heterocycles. The molecule has 0 aromatic heterocycles. The second-order valence-electron chi connectivity index (χ2n) is 4.57. The number of carbonyl (C=O) groups excluding carboxylic acids is 1. The molecule has 0 saturated carbocycles. The molecular formula is C15H20N2O. The predicted octanol–water partition coefficient (Wildman–Crippen LogP) is 3.32. The van der Waals surface area contributed by atoms with Crippen molar-refractivity contribution in [2.45, 2.75) is 40.5 Å². The van der Waals surface area contributed by atoms with Gasteiger partial charge in [0.2, 0.25) is 0 Å². The van der Waals surface area contributed by atoms with Crippen LogP contribution < -0.4 is 0 Å². The number of allylic oxidation sites excluding steroid dienone is 6. The smallest absolute Gasteiger partial charge is 0.170 e. The highest BCUT2D eigenvalue weighted by molar-refractivity contribution is 5.99. The average Bonchev–Trinajstić information content (AvgIpc) is 2.28. The molecule has 0 bridgehead atoms. The van der Waals surface area contributed by atoms with Crippen molar-refractivity contribution in [3.63, 3.8) is 0 Å². The first kappa shape index (κ1) is 14.2. The van der Waals surface area contributed by atoms with Gasteiger partial charge in [-0.25, -0.2) is 0 Å². The van der Waals surface area contributed by atoms with Crippen molar-refractivity contribution in [3.8, 4) is 6.07 Å². The summed E-state index contributed by atoms with van der Waals surface area (Å²) in [6.07, 6.45) is 6.12. The maximum absolute atomic E-state index is 11.4. The lowest BCUT2D eigenvalue weighted by atomic mass is 10.0. The van der Waals surface area contributed by atoms with E-state index in [1.807, 2.05) is 32.1 Å². The molecule has 1 aliphatic heterocycles. The summed E-state index contributed by atoms with van der Waals surface area (Å²) >= 11 is 0. The molecule has 1 rings (SSSR count). The molecule has 0 atom stereocenters. The zero-order chi connectivity index (χ0) is 13.7. The summed E-state index contributed by atoms with van der Waals surface area (Å²) in [5.41, 5.74) is 3.15. The Labute approximate surface area is 109 Å². The van der Waals surface area contributed by atoms with Gasteiger partial charge in [0, 0.05) is 17.9 Å². The van der Waals surface area contributed by atoms with Gasteiger partial charge >= 0.3 is 0 Å². The van der Waals surface area contributed by atoms with E-state index in [0.29, 0.717) is 0 Å². The SMILES string of the molecule is CCCCN1C(C)=CC(=C(C#N)C(C)=O)C=C1C. The lowest BCUT2D eigenvalue weighted by Crippen LogP contribution is -2.23. The minimum absolute atomic E-state index is 0.178. The van der Waals surface area contributed by atoms with Crippen LogP contribution in [0, 0.1) is 11.3 Å². The Balaban J connectivity index is 3.09. The van der Waals surface area contributed by atoms with Crippen molar-refractivity contribution in [1.29, 1.82) is 5.26 Å². The third-order valence-electron chi connectivity index (χ3n) is 3.07. The number of ketones is 1. The Bertz CT molecular complexity index is 453. The second-order valence-corrected chi connectivity index (χ2v) is 4.57. The Morgan fingerprint density at radius 2 is 1.89 bits per heavy atom. The van der Waals surface area contributed by atoms with E-state index in [1.54, 1.807) is 0 Å². The predicted molar refractivity (Wildman–Crippen MR) is 72.4 cm³/mol. The Hall–Kier alpha value is -1.82. The van der Waals surface area contributed by atoms with E-state index in [1.165, 1.54) is 6.92 Å². The van der Waals surface area contributed by atoms with Gasteiger partial charge in [-0.15, -0.1) is 0 Å². The van der Waals surface area contributed by atoms with E-state index < -0.39 is 0 Å². The fraction of sp³-hybridized carbons (Fsp3) is 0.467. The number of Topliss-reactive ketones (excluding diaryl/α,β-unsaturated/α-hetero) is 1. The van der Waals surface area contributed by atoms with Crippen LogP contribution in [0.3, 0.4) is 0 Å². The average molecular weight is 244 g/mol. The molecule has 96 valence electrons. The van der Waals surface area contributed by atoms with Gasteiger partial charge in [-0.05, 0) is 44.9 Å². The quantitative estimate of drug-likeness (QED) is 0.563. The van der Waals surface area contributed by atoms with Crippen LogP contribution in [-0.2, 0) is 4.79 Å². The molecule has 1 aliphatic rings. The summed E-state index contributed by atoms with van der Waals surface area (Å²) in [4.78, 5) is 13.6. The van der Waals surface area contributed by atoms with Gasteiger partial charge in [-0.2, -0.15) is 5.26 Å². The molecule has 0 aromatic rings. The molecule has 3 heteroatoms. The third kappa shape index (κ3) is 3.10. The van der Waals surface area contributed by atoms with Crippen LogP contribution in [0.2, 0.25) is 0 Å². The molecule has 0 N–H and O–H groups in total. The second kappa shape index (κ2) is 6.20. The first-order valence-electron chi connectivity index (χ1n) is 6.30. The van der Waals surface area contributed by atoms with Crippen molar-refractivity contribution in [1.82, 2.24) is 4.90 Å². The number of hydrogen-bond donors (Lipinski definition) is 0. The van der Waals surface area contributed by atoms with Crippen molar-refractivity contribution in [3.05, 3.63) is 34.7 Å². The Morgan fingerprint density at radius 1 is 1.33 bits per heavy atom. The first-order valence-corrected chi connectivity index (χ1v) is 6.30. The van der Waals surface area contributed by atoms with Gasteiger partial charge in [0.15, 0.2) is 5.78 Å². The van der Waals surface area contributed by atoms with Crippen LogP contribution in [0.15, 0.2) is 34.7 Å². The van der Waals surface area contributed by atoms with E-state index in [-0.39, 0.29) is 11.4 Å². The van der Waals surface area contributed by atoms with Crippen LogP contribution in [0.4, 0.5) is 0 Å². The van der Waals surface area contributed by atoms with E-state index in [4.69, 9.17) is 5.26 Å². The molecule has 0 radical (unpaired) electrons. The van der Waals surface area contributed by atoms with Crippen molar-refractivity contribution < 1.29 is 4.79 Å². The zero-order valence-corrected chi connectivity index (χ0v) is 11.6. The molecular weight excluding hydrogens is 224 g/mol. The lowest BCUT2D eigenvalue weighted by molar-refractivity contribution is -0.113. The fourth-order valence-electron chi connectivity index (χ4n) is 2.09. The Morgan fingerprint density at radius 3 is 2.28 bits per heavy atom. The van der Waals surface area contributed by atoms with Crippen molar-refractivity contribution in [2.24, 2.45) is 0 Å². The number of carbonyl (C=O) groups is 1. The van der Waals surface area contributed by atoms with Gasteiger partial charge in [0.1, 0.15) is 11.6 Å². The molecule has 1 heterocycles. The van der Waals surface area contributed by atoms with Gasteiger partial charge in [0.25, 0.3) is 0 Å². The third-order valence-corrected chi connectivity index (χ3v) is 3.07. The van der Waals surface area contributed by atoms with E-state index >= 15 is 0 Å². The van der Waals surface area contributed by atoms with Crippen LogP contribution in [0.25, 0.3) is 0 Å². The van der Waals surface area contributed by atoms with E-state index in [2.05, 4.69) is 11.8 Å². The molecule has 0 spiro atoms. The number of nitrogens with zero attached hydrogens (tertiary/aromatic N) is 2. The number of unbranched alkanes of at least 4 members (excludes halogenated alkanes) is 1. The highest BCUT2D eigenvalue weighted by Gasteiger charge is 2.16. The van der Waals surface area contributed by atoms with E-state index in [0.717, 1.165) is 36.4 Å². The van der Waals surface area contributed by atoms with Gasteiger partial charge in [0.05, 0.1) is 0 Å². The summed E-state index contributed by atoms with van der Waals surface area (Å²) < 4.78 is 0. The molecule has 0 aromatic carbocycles. The summed E-state index contributed by atoms with van der Waals surface area (Å²) in [5, 5.41) is 9.03. The summed E-state index contributed by atoms with van der Waals surface area (Å²) in [6, 6.07) is 1.99. The standard InChI is InChI=1S/C15H20N2O/c1-5-6-7-17-11(2)8-14(9-12(17)3)15(10-16)13(4)18/h8-9H,5-7H2,1-4H3. The van der Waals surface area contributed by atoms with Crippen LogP contribution in [0.1, 0.15) is 40.5 Å². The molecule has 0 amide bonds. The van der Waals surface area contributed by atoms with Gasteiger partial charge < -0.3 is 4.90 Å². The van der Waals surface area contributed by atoms with Crippen molar-refractivity contribution in [2.75, 3.05) is 6.54 Å².